The molecule has 1 heteroatoms. The molecule has 0 amide bonds. The van der Waals surface area contributed by atoms with Crippen LogP contribution < -0.4 is 0 Å². The van der Waals surface area contributed by atoms with Gasteiger partial charge in [0.05, 0.1) is 0 Å². The molecule has 0 aliphatic rings. The van der Waals surface area contributed by atoms with Gasteiger partial charge in [-0.3, -0.25) is 0 Å². The Hall–Kier alpha value is -1.50. The molecule has 80 valence electrons. The summed E-state index contributed by atoms with van der Waals surface area (Å²) in [7, 11) is 0. The van der Waals surface area contributed by atoms with Crippen molar-refractivity contribution < 1.29 is 5.11 Å². The molecule has 1 aromatic rings. The van der Waals surface area contributed by atoms with Crippen LogP contribution in [0.1, 0.15) is 26.3 Å². The number of hydrogen-bond donors (Lipinski definition) is 1. The SMILES string of the molecule is C=C(C)C(C)(C=CC)c1cccc(O)c1. The van der Waals surface area contributed by atoms with Crippen molar-refractivity contribution in [3.8, 4) is 5.75 Å². The molecule has 0 spiro atoms. The van der Waals surface area contributed by atoms with Gasteiger partial charge in [0.25, 0.3) is 0 Å². The fourth-order valence-corrected chi connectivity index (χ4v) is 1.65. The van der Waals surface area contributed by atoms with E-state index in [-0.39, 0.29) is 5.41 Å². The number of allylic oxidation sites excluding steroid dienone is 3. The molecule has 0 aliphatic heterocycles. The minimum absolute atomic E-state index is 0.201. The largest absolute Gasteiger partial charge is 0.508 e. The maximum Gasteiger partial charge on any atom is 0.115 e. The van der Waals surface area contributed by atoms with Gasteiger partial charge in [-0.1, -0.05) is 36.4 Å². The zero-order valence-corrected chi connectivity index (χ0v) is 9.62. The van der Waals surface area contributed by atoms with E-state index in [2.05, 4.69) is 19.6 Å². The van der Waals surface area contributed by atoms with E-state index < -0.39 is 0 Å². The van der Waals surface area contributed by atoms with E-state index in [9.17, 15) is 5.11 Å². The van der Waals surface area contributed by atoms with Crippen LogP contribution in [0, 0.1) is 0 Å². The van der Waals surface area contributed by atoms with Gasteiger partial charge in [0.1, 0.15) is 5.75 Å². The number of phenolic OH excluding ortho intramolecular Hbond substituents is 1. The van der Waals surface area contributed by atoms with E-state index in [0.717, 1.165) is 11.1 Å². The Morgan fingerprint density at radius 2 is 2.13 bits per heavy atom. The van der Waals surface area contributed by atoms with Gasteiger partial charge < -0.3 is 5.11 Å². The third-order valence-corrected chi connectivity index (χ3v) is 2.83. The maximum absolute atomic E-state index is 9.47. The summed E-state index contributed by atoms with van der Waals surface area (Å²) in [4.78, 5) is 0. The van der Waals surface area contributed by atoms with Gasteiger partial charge >= 0.3 is 0 Å². The Balaban J connectivity index is 3.27. The van der Waals surface area contributed by atoms with Gasteiger partial charge in [0.15, 0.2) is 0 Å². The van der Waals surface area contributed by atoms with E-state index in [0.29, 0.717) is 5.75 Å². The van der Waals surface area contributed by atoms with Crippen molar-refractivity contribution in [2.24, 2.45) is 0 Å². The van der Waals surface area contributed by atoms with Gasteiger partial charge in [-0.05, 0) is 38.5 Å². The lowest BCUT2D eigenvalue weighted by Gasteiger charge is -2.27. The molecular formula is C14H18O. The molecule has 1 unspecified atom stereocenters. The van der Waals surface area contributed by atoms with Crippen LogP contribution in [-0.4, -0.2) is 5.11 Å². The molecule has 1 N–H and O–H groups in total. The lowest BCUT2D eigenvalue weighted by atomic mass is 9.77. The summed E-state index contributed by atoms with van der Waals surface area (Å²) < 4.78 is 0. The van der Waals surface area contributed by atoms with Crippen molar-refractivity contribution in [1.29, 1.82) is 0 Å². The molecule has 0 saturated carbocycles. The molecule has 0 aromatic heterocycles. The van der Waals surface area contributed by atoms with E-state index in [1.807, 2.05) is 32.1 Å². The Kier molecular flexibility index (Phi) is 3.35. The molecule has 1 rings (SSSR count). The molecule has 1 nitrogen and oxygen atoms in total. The second kappa shape index (κ2) is 4.35. The lowest BCUT2D eigenvalue weighted by molar-refractivity contribution is 0.473. The normalized spacial score (nSPS) is 15.1. The van der Waals surface area contributed by atoms with Crippen LogP contribution in [0.3, 0.4) is 0 Å². The fraction of sp³-hybridized carbons (Fsp3) is 0.286. The van der Waals surface area contributed by atoms with Gasteiger partial charge in [-0.15, -0.1) is 0 Å². The van der Waals surface area contributed by atoms with Crippen molar-refractivity contribution in [3.05, 3.63) is 54.1 Å². The van der Waals surface area contributed by atoms with Gasteiger partial charge in [-0.25, -0.2) is 0 Å². The molecule has 0 heterocycles. The van der Waals surface area contributed by atoms with E-state index in [4.69, 9.17) is 0 Å². The highest BCUT2D eigenvalue weighted by Gasteiger charge is 2.24. The molecule has 0 radical (unpaired) electrons. The van der Waals surface area contributed by atoms with Crippen LogP contribution in [0.2, 0.25) is 0 Å². The monoisotopic (exact) mass is 202 g/mol. The Morgan fingerprint density at radius 1 is 1.47 bits per heavy atom. The first-order chi connectivity index (χ1) is 7.00. The van der Waals surface area contributed by atoms with Crippen molar-refractivity contribution in [2.75, 3.05) is 0 Å². The van der Waals surface area contributed by atoms with Crippen molar-refractivity contribution in [2.45, 2.75) is 26.2 Å². The second-order valence-electron chi connectivity index (χ2n) is 4.03. The first-order valence-electron chi connectivity index (χ1n) is 5.10. The number of aromatic hydroxyl groups is 1. The average molecular weight is 202 g/mol. The minimum Gasteiger partial charge on any atom is -0.508 e. The number of rotatable bonds is 3. The Morgan fingerprint density at radius 3 is 2.60 bits per heavy atom. The maximum atomic E-state index is 9.47. The van der Waals surface area contributed by atoms with Crippen LogP contribution in [0.25, 0.3) is 0 Å². The van der Waals surface area contributed by atoms with E-state index in [1.54, 1.807) is 12.1 Å². The molecule has 0 bridgehead atoms. The Labute approximate surface area is 91.8 Å². The summed E-state index contributed by atoms with van der Waals surface area (Å²) in [5.41, 5.74) is 1.92. The van der Waals surface area contributed by atoms with Crippen LogP contribution in [0.15, 0.2) is 48.6 Å². The highest BCUT2D eigenvalue weighted by molar-refractivity contribution is 5.42. The summed E-state index contributed by atoms with van der Waals surface area (Å²) in [6, 6.07) is 7.33. The molecule has 1 aromatic carbocycles. The molecular weight excluding hydrogens is 184 g/mol. The van der Waals surface area contributed by atoms with E-state index >= 15 is 0 Å². The zero-order valence-electron chi connectivity index (χ0n) is 9.62. The van der Waals surface area contributed by atoms with Crippen LogP contribution in [-0.2, 0) is 5.41 Å². The quantitative estimate of drug-likeness (QED) is 0.739. The Bertz CT molecular complexity index is 390. The van der Waals surface area contributed by atoms with Gasteiger partial charge in [0, 0.05) is 5.41 Å². The molecule has 0 saturated heterocycles. The first kappa shape index (κ1) is 11.6. The third kappa shape index (κ3) is 2.30. The lowest BCUT2D eigenvalue weighted by Crippen LogP contribution is -2.19. The smallest absolute Gasteiger partial charge is 0.115 e. The molecule has 1 atom stereocenters. The molecule has 0 aliphatic carbocycles. The van der Waals surface area contributed by atoms with Gasteiger partial charge in [0.2, 0.25) is 0 Å². The zero-order chi connectivity index (χ0) is 11.5. The first-order valence-corrected chi connectivity index (χ1v) is 5.10. The van der Waals surface area contributed by atoms with Crippen LogP contribution >= 0.6 is 0 Å². The average Bonchev–Trinajstić information content (AvgIpc) is 2.17. The van der Waals surface area contributed by atoms with Crippen molar-refractivity contribution in [3.63, 3.8) is 0 Å². The van der Waals surface area contributed by atoms with Crippen molar-refractivity contribution in [1.82, 2.24) is 0 Å². The number of benzene rings is 1. The predicted molar refractivity (Wildman–Crippen MR) is 65.1 cm³/mol. The molecule has 0 fully saturated rings. The second-order valence-corrected chi connectivity index (χ2v) is 4.03. The van der Waals surface area contributed by atoms with Crippen LogP contribution in [0.5, 0.6) is 5.75 Å². The third-order valence-electron chi connectivity index (χ3n) is 2.83. The summed E-state index contributed by atoms with van der Waals surface area (Å²) in [6.07, 6.45) is 4.11. The fourth-order valence-electron chi connectivity index (χ4n) is 1.65. The van der Waals surface area contributed by atoms with Gasteiger partial charge in [-0.2, -0.15) is 0 Å². The number of phenols is 1. The molecule has 15 heavy (non-hydrogen) atoms. The van der Waals surface area contributed by atoms with E-state index in [1.165, 1.54) is 0 Å². The summed E-state index contributed by atoms with van der Waals surface area (Å²) in [5, 5.41) is 9.47. The summed E-state index contributed by atoms with van der Waals surface area (Å²) in [5.74, 6) is 0.296. The minimum atomic E-state index is -0.201. The topological polar surface area (TPSA) is 20.2 Å². The highest BCUT2D eigenvalue weighted by atomic mass is 16.3. The predicted octanol–water partition coefficient (Wildman–Crippen LogP) is 3.80. The summed E-state index contributed by atoms with van der Waals surface area (Å²) in [6.45, 7) is 10.1. The van der Waals surface area contributed by atoms with Crippen LogP contribution in [0.4, 0.5) is 0 Å². The number of hydrogen-bond acceptors (Lipinski definition) is 1. The summed E-state index contributed by atoms with van der Waals surface area (Å²) >= 11 is 0. The standard InChI is InChI=1S/C14H18O/c1-5-9-14(4,11(2)3)12-7-6-8-13(15)10-12/h5-10,15H,2H2,1,3-4H3. The highest BCUT2D eigenvalue weighted by Crippen LogP contribution is 2.33. The van der Waals surface area contributed by atoms with Crippen molar-refractivity contribution >= 4 is 0 Å².